The first-order chi connectivity index (χ1) is 10.8. The smallest absolute Gasteiger partial charge is 0.164 e. The molecule has 0 aromatic heterocycles. The van der Waals surface area contributed by atoms with Gasteiger partial charge in [-0.3, -0.25) is 9.59 Å². The van der Waals surface area contributed by atoms with E-state index in [1.54, 1.807) is 0 Å². The van der Waals surface area contributed by atoms with Crippen LogP contribution in [0.25, 0.3) is 0 Å². The Bertz CT molecular complexity index is 590. The monoisotopic (exact) mass is 316 g/mol. The molecule has 2 rings (SSSR count). The molecule has 0 bridgehead atoms. The maximum Gasteiger partial charge on any atom is 0.164 e. The quantitative estimate of drug-likeness (QED) is 0.620. The Labute approximate surface area is 139 Å². The maximum absolute atomic E-state index is 12.8. The fraction of sp³-hybridized carbons (Fsp3) is 0.600. The zero-order chi connectivity index (χ0) is 17.2. The number of rotatable bonds is 5. The number of carbonyl (C=O) groups is 2. The second-order valence-electron chi connectivity index (χ2n) is 7.57. The highest BCUT2D eigenvalue weighted by atomic mass is 16.3. The number of allylic oxidation sites excluding steroid dienone is 5. The predicted octanol–water partition coefficient (Wildman–Crippen LogP) is 3.78. The Balaban J connectivity index is 2.41. The second-order valence-corrected chi connectivity index (χ2v) is 7.57. The molecule has 0 spiro atoms. The average Bonchev–Trinajstić information content (AvgIpc) is 2.79. The molecule has 0 aromatic carbocycles. The Kier molecular flexibility index (Phi) is 5.41. The molecule has 0 saturated heterocycles. The number of hydrogen-bond donors (Lipinski definition) is 1. The van der Waals surface area contributed by atoms with E-state index in [-0.39, 0.29) is 29.6 Å². The van der Waals surface area contributed by atoms with Crippen LogP contribution in [0.5, 0.6) is 0 Å². The van der Waals surface area contributed by atoms with Crippen molar-refractivity contribution in [3.05, 3.63) is 34.4 Å². The van der Waals surface area contributed by atoms with Crippen LogP contribution in [-0.2, 0) is 9.59 Å². The first kappa shape index (κ1) is 17.9. The van der Waals surface area contributed by atoms with Gasteiger partial charge in [0.25, 0.3) is 0 Å². The molecule has 3 atom stereocenters. The minimum absolute atomic E-state index is 0.0274. The topological polar surface area (TPSA) is 54.4 Å². The summed E-state index contributed by atoms with van der Waals surface area (Å²) in [6.07, 6.45) is 8.34. The summed E-state index contributed by atoms with van der Waals surface area (Å²) in [5.41, 5.74) is 3.53. The lowest BCUT2D eigenvalue weighted by Crippen LogP contribution is -2.34. The van der Waals surface area contributed by atoms with E-state index in [1.165, 1.54) is 5.57 Å². The van der Waals surface area contributed by atoms with Crippen molar-refractivity contribution in [2.75, 3.05) is 6.61 Å². The van der Waals surface area contributed by atoms with Gasteiger partial charge in [0.15, 0.2) is 5.78 Å². The molecule has 0 aromatic rings. The Morgan fingerprint density at radius 2 is 2.13 bits per heavy atom. The number of aliphatic hydroxyl groups is 1. The van der Waals surface area contributed by atoms with Crippen molar-refractivity contribution in [2.24, 2.45) is 17.3 Å². The first-order valence-electron chi connectivity index (χ1n) is 8.46. The summed E-state index contributed by atoms with van der Waals surface area (Å²) in [6, 6.07) is 0. The molecule has 3 nitrogen and oxygen atoms in total. The van der Waals surface area contributed by atoms with Gasteiger partial charge in [0.1, 0.15) is 6.29 Å². The highest BCUT2D eigenvalue weighted by molar-refractivity contribution is 6.00. The molecule has 0 aliphatic heterocycles. The van der Waals surface area contributed by atoms with Crippen LogP contribution in [0.1, 0.15) is 53.4 Å². The van der Waals surface area contributed by atoms with Crippen LogP contribution < -0.4 is 0 Å². The molecular formula is C20H28O3. The van der Waals surface area contributed by atoms with Gasteiger partial charge in [-0.1, -0.05) is 30.2 Å². The van der Waals surface area contributed by atoms with Crippen molar-refractivity contribution < 1.29 is 14.7 Å². The average molecular weight is 316 g/mol. The van der Waals surface area contributed by atoms with E-state index >= 15 is 0 Å². The van der Waals surface area contributed by atoms with Gasteiger partial charge in [-0.15, -0.1) is 0 Å². The maximum atomic E-state index is 12.8. The van der Waals surface area contributed by atoms with Crippen LogP contribution in [0.4, 0.5) is 0 Å². The normalized spacial score (nSPS) is 30.7. The third-order valence-electron chi connectivity index (χ3n) is 5.54. The summed E-state index contributed by atoms with van der Waals surface area (Å²) in [4.78, 5) is 24.4. The van der Waals surface area contributed by atoms with Gasteiger partial charge in [-0.25, -0.2) is 0 Å². The molecule has 2 aliphatic carbocycles. The van der Waals surface area contributed by atoms with Crippen molar-refractivity contribution in [3.63, 3.8) is 0 Å². The van der Waals surface area contributed by atoms with Crippen molar-refractivity contribution in [1.29, 1.82) is 0 Å². The molecule has 3 heteroatoms. The van der Waals surface area contributed by atoms with E-state index in [0.717, 1.165) is 36.7 Å². The van der Waals surface area contributed by atoms with E-state index < -0.39 is 0 Å². The molecule has 126 valence electrons. The van der Waals surface area contributed by atoms with Gasteiger partial charge < -0.3 is 5.11 Å². The third kappa shape index (κ3) is 3.40. The fourth-order valence-electron chi connectivity index (χ4n) is 4.24. The van der Waals surface area contributed by atoms with E-state index in [9.17, 15) is 14.7 Å². The second kappa shape index (κ2) is 6.96. The lowest BCUT2D eigenvalue weighted by atomic mass is 9.65. The molecule has 1 N–H and O–H groups in total. The molecule has 2 aliphatic rings. The zero-order valence-corrected chi connectivity index (χ0v) is 14.7. The van der Waals surface area contributed by atoms with Gasteiger partial charge in [-0.2, -0.15) is 0 Å². The van der Waals surface area contributed by atoms with Gasteiger partial charge in [0.05, 0.1) is 6.61 Å². The molecule has 0 unspecified atom stereocenters. The summed E-state index contributed by atoms with van der Waals surface area (Å²) in [5, 5.41) is 9.53. The van der Waals surface area contributed by atoms with Crippen molar-refractivity contribution in [2.45, 2.75) is 53.4 Å². The SMILES string of the molecule is CC(C)=CCC[C@]1(C)CC=C(CO)C(=O)[C@@H]2CC(C)=C(C=O)[C@@H]21. The molecule has 0 saturated carbocycles. The Morgan fingerprint density at radius 3 is 2.70 bits per heavy atom. The summed E-state index contributed by atoms with van der Waals surface area (Å²) in [5.74, 6) is -0.189. The first-order valence-corrected chi connectivity index (χ1v) is 8.46. The number of hydrogen-bond acceptors (Lipinski definition) is 3. The lowest BCUT2D eigenvalue weighted by Gasteiger charge is -2.37. The summed E-state index contributed by atoms with van der Waals surface area (Å²) >= 11 is 0. The number of aldehydes is 1. The summed E-state index contributed by atoms with van der Waals surface area (Å²) < 4.78 is 0. The van der Waals surface area contributed by atoms with Gasteiger partial charge >= 0.3 is 0 Å². The van der Waals surface area contributed by atoms with E-state index in [2.05, 4.69) is 26.8 Å². The lowest BCUT2D eigenvalue weighted by molar-refractivity contribution is -0.121. The van der Waals surface area contributed by atoms with Crippen molar-refractivity contribution in [1.82, 2.24) is 0 Å². The molecule has 23 heavy (non-hydrogen) atoms. The minimum Gasteiger partial charge on any atom is -0.392 e. The Morgan fingerprint density at radius 1 is 1.43 bits per heavy atom. The molecule has 0 heterocycles. The fourth-order valence-corrected chi connectivity index (χ4v) is 4.24. The third-order valence-corrected chi connectivity index (χ3v) is 5.54. The minimum atomic E-state index is -0.207. The molecule has 0 amide bonds. The van der Waals surface area contributed by atoms with Crippen LogP contribution in [0.2, 0.25) is 0 Å². The predicted molar refractivity (Wildman–Crippen MR) is 91.9 cm³/mol. The van der Waals surface area contributed by atoms with E-state index in [4.69, 9.17) is 0 Å². The number of fused-ring (bicyclic) bond motifs is 1. The number of carbonyl (C=O) groups excluding carboxylic acids is 2. The molecule has 0 radical (unpaired) electrons. The Hall–Kier alpha value is -1.48. The number of ketones is 1. The highest BCUT2D eigenvalue weighted by Gasteiger charge is 2.49. The van der Waals surface area contributed by atoms with E-state index in [1.807, 2.05) is 13.0 Å². The van der Waals surface area contributed by atoms with Gasteiger partial charge in [-0.05, 0) is 57.4 Å². The molecular weight excluding hydrogens is 288 g/mol. The zero-order valence-electron chi connectivity index (χ0n) is 14.7. The van der Waals surface area contributed by atoms with Gasteiger partial charge in [0.2, 0.25) is 0 Å². The van der Waals surface area contributed by atoms with Crippen LogP contribution in [0.3, 0.4) is 0 Å². The number of Topliss-reactive ketones (excluding diaryl/α,β-unsaturated/α-hetero) is 1. The summed E-state index contributed by atoms with van der Waals surface area (Å²) in [7, 11) is 0. The van der Waals surface area contributed by atoms with Crippen molar-refractivity contribution >= 4 is 12.1 Å². The molecule has 0 fully saturated rings. The highest BCUT2D eigenvalue weighted by Crippen LogP contribution is 2.53. The van der Waals surface area contributed by atoms with E-state index in [0.29, 0.717) is 12.0 Å². The summed E-state index contributed by atoms with van der Waals surface area (Å²) in [6.45, 7) is 8.12. The number of aliphatic hydroxyl groups excluding tert-OH is 1. The standard InChI is InChI=1S/C20H28O3/c1-13(2)6-5-8-20(4)9-7-15(11-21)19(23)16-10-14(3)17(12-22)18(16)20/h6-7,12,16,18,21H,5,8-11H2,1-4H3/t16-,18-,20-/m1/s1. The van der Waals surface area contributed by atoms with Crippen LogP contribution in [0.15, 0.2) is 34.4 Å². The van der Waals surface area contributed by atoms with Crippen molar-refractivity contribution in [3.8, 4) is 0 Å². The largest absolute Gasteiger partial charge is 0.392 e. The van der Waals surface area contributed by atoms with Crippen LogP contribution in [0, 0.1) is 17.3 Å². The van der Waals surface area contributed by atoms with Crippen LogP contribution >= 0.6 is 0 Å². The van der Waals surface area contributed by atoms with Gasteiger partial charge in [0, 0.05) is 17.4 Å². The van der Waals surface area contributed by atoms with Crippen LogP contribution in [-0.4, -0.2) is 23.8 Å².